The smallest absolute Gasteiger partial charge is 0.224 e. The van der Waals surface area contributed by atoms with Gasteiger partial charge in [0.25, 0.3) is 0 Å². The van der Waals surface area contributed by atoms with E-state index in [2.05, 4.69) is 10.6 Å². The normalized spacial score (nSPS) is 10.3. The summed E-state index contributed by atoms with van der Waals surface area (Å²) in [7, 11) is 3.18. The van der Waals surface area contributed by atoms with Gasteiger partial charge >= 0.3 is 0 Å². The van der Waals surface area contributed by atoms with Crippen molar-refractivity contribution in [3.63, 3.8) is 0 Å². The summed E-state index contributed by atoms with van der Waals surface area (Å²) >= 11 is 0. The summed E-state index contributed by atoms with van der Waals surface area (Å²) in [4.78, 5) is 24.2. The van der Waals surface area contributed by atoms with E-state index in [0.29, 0.717) is 11.4 Å². The summed E-state index contributed by atoms with van der Waals surface area (Å²) in [5.41, 5.74) is 1.40. The van der Waals surface area contributed by atoms with Gasteiger partial charge in [-0.2, -0.15) is 0 Å². The molecule has 2 aromatic rings. The number of anilines is 2. The van der Waals surface area contributed by atoms with E-state index in [0.717, 1.165) is 11.5 Å². The molecule has 0 aliphatic carbocycles. The van der Waals surface area contributed by atoms with Crippen LogP contribution in [0.1, 0.15) is 19.8 Å². The lowest BCUT2D eigenvalue weighted by molar-refractivity contribution is -0.118. The van der Waals surface area contributed by atoms with Crippen molar-refractivity contribution >= 4 is 23.2 Å². The molecule has 0 aliphatic heterocycles. The molecule has 2 rings (SSSR count). The zero-order valence-electron chi connectivity index (χ0n) is 15.2. The minimum absolute atomic E-state index is 0.0773. The van der Waals surface area contributed by atoms with Gasteiger partial charge in [0.15, 0.2) is 0 Å². The Labute approximate surface area is 153 Å². The Morgan fingerprint density at radius 2 is 1.12 bits per heavy atom. The van der Waals surface area contributed by atoms with Crippen molar-refractivity contribution in [2.24, 2.45) is 5.92 Å². The molecular formula is C20H24N2O4. The third kappa shape index (κ3) is 6.12. The second-order valence-corrected chi connectivity index (χ2v) is 6.07. The molecule has 0 radical (unpaired) electrons. The summed E-state index contributed by atoms with van der Waals surface area (Å²) in [5, 5.41) is 5.64. The molecule has 0 saturated carbocycles. The number of nitrogens with one attached hydrogen (secondary N) is 2. The third-order valence-electron chi connectivity index (χ3n) is 3.82. The minimum atomic E-state index is -0.125. The molecular weight excluding hydrogens is 332 g/mol. The van der Waals surface area contributed by atoms with Gasteiger partial charge < -0.3 is 20.1 Å². The number of carbonyl (C=O) groups excluding carboxylic acids is 2. The SMILES string of the molecule is COc1ccc(NC(=O)CC(C)CC(=O)Nc2ccc(OC)cc2)cc1. The predicted molar refractivity (Wildman–Crippen MR) is 102 cm³/mol. The number of amides is 2. The number of hydrogen-bond acceptors (Lipinski definition) is 4. The first-order valence-corrected chi connectivity index (χ1v) is 8.38. The maximum Gasteiger partial charge on any atom is 0.224 e. The second kappa shape index (κ2) is 9.46. The van der Waals surface area contributed by atoms with Crippen molar-refractivity contribution in [2.45, 2.75) is 19.8 Å². The highest BCUT2D eigenvalue weighted by Crippen LogP contribution is 2.18. The number of carbonyl (C=O) groups is 2. The number of rotatable bonds is 8. The average molecular weight is 356 g/mol. The van der Waals surface area contributed by atoms with Crippen molar-refractivity contribution in [3.8, 4) is 11.5 Å². The van der Waals surface area contributed by atoms with E-state index >= 15 is 0 Å². The molecule has 0 fully saturated rings. The zero-order valence-corrected chi connectivity index (χ0v) is 15.2. The molecule has 2 N–H and O–H groups in total. The van der Waals surface area contributed by atoms with Crippen LogP contribution in [0.25, 0.3) is 0 Å². The fourth-order valence-corrected chi connectivity index (χ4v) is 2.48. The predicted octanol–water partition coefficient (Wildman–Crippen LogP) is 3.70. The van der Waals surface area contributed by atoms with Crippen LogP contribution in [0.4, 0.5) is 11.4 Å². The van der Waals surface area contributed by atoms with Gasteiger partial charge in [0, 0.05) is 24.2 Å². The van der Waals surface area contributed by atoms with Gasteiger partial charge in [-0.1, -0.05) is 6.92 Å². The number of benzene rings is 2. The van der Waals surface area contributed by atoms with E-state index in [1.165, 1.54) is 0 Å². The molecule has 0 heterocycles. The molecule has 0 aromatic heterocycles. The van der Waals surface area contributed by atoms with E-state index in [-0.39, 0.29) is 30.6 Å². The third-order valence-corrected chi connectivity index (χ3v) is 3.82. The Bertz CT molecular complexity index is 663. The first kappa shape index (κ1) is 19.3. The lowest BCUT2D eigenvalue weighted by Crippen LogP contribution is -2.20. The van der Waals surface area contributed by atoms with Crippen molar-refractivity contribution < 1.29 is 19.1 Å². The molecule has 138 valence electrons. The largest absolute Gasteiger partial charge is 0.497 e. The van der Waals surface area contributed by atoms with Crippen LogP contribution in [0.2, 0.25) is 0 Å². The molecule has 0 atom stereocenters. The molecule has 6 heteroatoms. The maximum atomic E-state index is 12.1. The quantitative estimate of drug-likeness (QED) is 0.756. The van der Waals surface area contributed by atoms with E-state index < -0.39 is 0 Å². The lowest BCUT2D eigenvalue weighted by Gasteiger charge is -2.12. The standard InChI is InChI=1S/C20H24N2O4/c1-14(12-19(23)21-15-4-8-17(25-2)9-5-15)13-20(24)22-16-6-10-18(26-3)11-7-16/h4-11,14H,12-13H2,1-3H3,(H,21,23)(H,22,24). The van der Waals surface area contributed by atoms with Crippen molar-refractivity contribution in [3.05, 3.63) is 48.5 Å². The second-order valence-electron chi connectivity index (χ2n) is 6.07. The minimum Gasteiger partial charge on any atom is -0.497 e. The molecule has 2 amide bonds. The van der Waals surface area contributed by atoms with Crippen LogP contribution in [0.15, 0.2) is 48.5 Å². The molecule has 26 heavy (non-hydrogen) atoms. The van der Waals surface area contributed by atoms with E-state index in [9.17, 15) is 9.59 Å². The van der Waals surface area contributed by atoms with Crippen LogP contribution in [0.3, 0.4) is 0 Å². The van der Waals surface area contributed by atoms with Crippen LogP contribution < -0.4 is 20.1 Å². The molecule has 0 aliphatic rings. The number of hydrogen-bond donors (Lipinski definition) is 2. The summed E-state index contributed by atoms with van der Waals surface area (Å²) in [6.07, 6.45) is 0.532. The maximum absolute atomic E-state index is 12.1. The number of methoxy groups -OCH3 is 2. The Kier molecular flexibility index (Phi) is 7.02. The Morgan fingerprint density at radius 1 is 0.769 bits per heavy atom. The summed E-state index contributed by atoms with van der Waals surface area (Å²) in [6, 6.07) is 14.2. The summed E-state index contributed by atoms with van der Waals surface area (Å²) in [5.74, 6) is 1.13. The molecule has 0 unspecified atom stereocenters. The fourth-order valence-electron chi connectivity index (χ4n) is 2.48. The highest BCUT2D eigenvalue weighted by Gasteiger charge is 2.14. The van der Waals surface area contributed by atoms with Crippen molar-refractivity contribution in [1.82, 2.24) is 0 Å². The fraction of sp³-hybridized carbons (Fsp3) is 0.300. The van der Waals surface area contributed by atoms with Crippen LogP contribution in [0, 0.1) is 5.92 Å². The van der Waals surface area contributed by atoms with Crippen molar-refractivity contribution in [1.29, 1.82) is 0 Å². The molecule has 0 bridgehead atoms. The number of ether oxygens (including phenoxy) is 2. The monoisotopic (exact) mass is 356 g/mol. The summed E-state index contributed by atoms with van der Waals surface area (Å²) in [6.45, 7) is 1.88. The molecule has 0 saturated heterocycles. The van der Waals surface area contributed by atoms with Gasteiger partial charge in [-0.05, 0) is 54.4 Å². The van der Waals surface area contributed by atoms with E-state index in [1.807, 2.05) is 6.92 Å². The van der Waals surface area contributed by atoms with Gasteiger partial charge in [-0.25, -0.2) is 0 Å². The molecule has 2 aromatic carbocycles. The van der Waals surface area contributed by atoms with Crippen LogP contribution in [0.5, 0.6) is 11.5 Å². The van der Waals surface area contributed by atoms with Gasteiger partial charge in [-0.15, -0.1) is 0 Å². The van der Waals surface area contributed by atoms with Crippen LogP contribution in [-0.2, 0) is 9.59 Å². The Morgan fingerprint density at radius 3 is 1.42 bits per heavy atom. The first-order chi connectivity index (χ1) is 12.5. The molecule has 0 spiro atoms. The Hall–Kier alpha value is -3.02. The topological polar surface area (TPSA) is 76.7 Å². The van der Waals surface area contributed by atoms with Gasteiger partial charge in [0.1, 0.15) is 11.5 Å². The van der Waals surface area contributed by atoms with Crippen LogP contribution >= 0.6 is 0 Å². The summed E-state index contributed by atoms with van der Waals surface area (Å²) < 4.78 is 10.2. The average Bonchev–Trinajstić information content (AvgIpc) is 2.62. The zero-order chi connectivity index (χ0) is 18.9. The Balaban J connectivity index is 1.77. The first-order valence-electron chi connectivity index (χ1n) is 8.38. The van der Waals surface area contributed by atoms with Gasteiger partial charge in [0.05, 0.1) is 14.2 Å². The van der Waals surface area contributed by atoms with E-state index in [1.54, 1.807) is 62.8 Å². The van der Waals surface area contributed by atoms with Crippen molar-refractivity contribution in [2.75, 3.05) is 24.9 Å². The highest BCUT2D eigenvalue weighted by atomic mass is 16.5. The van der Waals surface area contributed by atoms with E-state index in [4.69, 9.17) is 9.47 Å². The van der Waals surface area contributed by atoms with Crippen LogP contribution in [-0.4, -0.2) is 26.0 Å². The molecule has 6 nitrogen and oxygen atoms in total. The van der Waals surface area contributed by atoms with Gasteiger partial charge in [-0.3, -0.25) is 9.59 Å². The van der Waals surface area contributed by atoms with Gasteiger partial charge in [0.2, 0.25) is 11.8 Å². The highest BCUT2D eigenvalue weighted by molar-refractivity contribution is 5.93. The lowest BCUT2D eigenvalue weighted by atomic mass is 10.0.